The number of esters is 1. The summed E-state index contributed by atoms with van der Waals surface area (Å²) in [6.07, 6.45) is -1.09. The molecule has 0 heterocycles. The van der Waals surface area contributed by atoms with Gasteiger partial charge in [0.15, 0.2) is 6.10 Å². The first-order valence-electron chi connectivity index (χ1n) is 7.92. The molecule has 0 aromatic heterocycles. The quantitative estimate of drug-likeness (QED) is 0.804. The summed E-state index contributed by atoms with van der Waals surface area (Å²) in [5.74, 6) is -2.01. The Balaban J connectivity index is 2.00. The molecule has 0 aliphatic heterocycles. The Morgan fingerprint density at radius 1 is 1.04 bits per heavy atom. The monoisotopic (exact) mass is 358 g/mol. The van der Waals surface area contributed by atoms with Crippen LogP contribution in [-0.4, -0.2) is 23.9 Å². The Bertz CT molecular complexity index is 851. The first kappa shape index (κ1) is 19.1. The smallest absolute Gasteiger partial charge is 0.338 e. The second-order valence-corrected chi connectivity index (χ2v) is 5.76. The number of carbonyl (C=O) groups is 3. The highest BCUT2D eigenvalue weighted by atomic mass is 19.1. The standard InChI is InChI=1S/C19H19FN2O4/c1-11-7-8-16(10-17(11)20)22-18(24)12(2)26-19(25)14-5-4-6-15(9-14)21-13(3)23/h4-10,12H,1-3H3,(H,21,23)(H,22,24). The van der Waals surface area contributed by atoms with Gasteiger partial charge in [0, 0.05) is 18.3 Å². The number of nitrogens with one attached hydrogen (secondary N) is 2. The summed E-state index contributed by atoms with van der Waals surface area (Å²) in [6.45, 7) is 4.38. The van der Waals surface area contributed by atoms with E-state index in [0.717, 1.165) is 0 Å². The lowest BCUT2D eigenvalue weighted by atomic mass is 10.2. The van der Waals surface area contributed by atoms with Crippen molar-refractivity contribution in [3.63, 3.8) is 0 Å². The lowest BCUT2D eigenvalue weighted by molar-refractivity contribution is -0.123. The molecule has 0 radical (unpaired) electrons. The lowest BCUT2D eigenvalue weighted by Crippen LogP contribution is -2.30. The van der Waals surface area contributed by atoms with E-state index in [1.165, 1.54) is 38.1 Å². The molecule has 0 saturated carbocycles. The number of hydrogen-bond donors (Lipinski definition) is 2. The fourth-order valence-corrected chi connectivity index (χ4v) is 2.12. The van der Waals surface area contributed by atoms with E-state index < -0.39 is 23.8 Å². The number of ether oxygens (including phenoxy) is 1. The Labute approximate surface area is 150 Å². The molecule has 0 bridgehead atoms. The molecule has 1 atom stereocenters. The molecule has 2 amide bonds. The third kappa shape index (κ3) is 5.14. The van der Waals surface area contributed by atoms with Crippen LogP contribution in [-0.2, 0) is 14.3 Å². The molecule has 0 aliphatic rings. The fraction of sp³-hybridized carbons (Fsp3) is 0.211. The van der Waals surface area contributed by atoms with Crippen LogP contribution in [0.4, 0.5) is 15.8 Å². The first-order chi connectivity index (χ1) is 12.3. The fourth-order valence-electron chi connectivity index (χ4n) is 2.12. The van der Waals surface area contributed by atoms with Crippen LogP contribution in [0, 0.1) is 12.7 Å². The van der Waals surface area contributed by atoms with E-state index in [2.05, 4.69) is 10.6 Å². The molecule has 2 rings (SSSR count). The number of benzene rings is 2. The highest BCUT2D eigenvalue weighted by Crippen LogP contribution is 2.15. The molecule has 0 aliphatic carbocycles. The van der Waals surface area contributed by atoms with Crippen molar-refractivity contribution in [1.29, 1.82) is 0 Å². The Kier molecular flexibility index (Phi) is 6.06. The van der Waals surface area contributed by atoms with Gasteiger partial charge in [-0.3, -0.25) is 9.59 Å². The molecule has 0 fully saturated rings. The van der Waals surface area contributed by atoms with Gasteiger partial charge >= 0.3 is 5.97 Å². The van der Waals surface area contributed by atoms with Gasteiger partial charge in [-0.15, -0.1) is 0 Å². The van der Waals surface area contributed by atoms with Crippen LogP contribution in [0.5, 0.6) is 0 Å². The molecule has 1 unspecified atom stereocenters. The van der Waals surface area contributed by atoms with Crippen LogP contribution < -0.4 is 10.6 Å². The second-order valence-electron chi connectivity index (χ2n) is 5.76. The average Bonchev–Trinajstić information content (AvgIpc) is 2.57. The maximum Gasteiger partial charge on any atom is 0.338 e. The minimum atomic E-state index is -1.09. The van der Waals surface area contributed by atoms with Crippen molar-refractivity contribution in [3.05, 3.63) is 59.4 Å². The molecular weight excluding hydrogens is 339 g/mol. The molecule has 0 spiro atoms. The van der Waals surface area contributed by atoms with Crippen molar-refractivity contribution in [2.45, 2.75) is 26.9 Å². The number of anilines is 2. The lowest BCUT2D eigenvalue weighted by Gasteiger charge is -2.14. The van der Waals surface area contributed by atoms with E-state index in [-0.39, 0.29) is 17.2 Å². The molecule has 2 aromatic rings. The second kappa shape index (κ2) is 8.24. The molecule has 136 valence electrons. The third-order valence-electron chi connectivity index (χ3n) is 3.51. The first-order valence-corrected chi connectivity index (χ1v) is 7.92. The van der Waals surface area contributed by atoms with Crippen LogP contribution in [0.3, 0.4) is 0 Å². The number of halogens is 1. The van der Waals surface area contributed by atoms with E-state index in [1.54, 1.807) is 25.1 Å². The summed E-state index contributed by atoms with van der Waals surface area (Å²) in [7, 11) is 0. The van der Waals surface area contributed by atoms with Crippen LogP contribution in [0.1, 0.15) is 29.8 Å². The third-order valence-corrected chi connectivity index (χ3v) is 3.51. The molecule has 6 nitrogen and oxygen atoms in total. The normalized spacial score (nSPS) is 11.4. The molecule has 26 heavy (non-hydrogen) atoms. The predicted octanol–water partition coefficient (Wildman–Crippen LogP) is 3.28. The van der Waals surface area contributed by atoms with E-state index in [0.29, 0.717) is 11.3 Å². The van der Waals surface area contributed by atoms with Gasteiger partial charge in [-0.2, -0.15) is 0 Å². The summed E-state index contributed by atoms with van der Waals surface area (Å²) >= 11 is 0. The van der Waals surface area contributed by atoms with Crippen LogP contribution >= 0.6 is 0 Å². The minimum Gasteiger partial charge on any atom is -0.449 e. The zero-order valence-electron chi connectivity index (χ0n) is 14.6. The molecule has 2 aromatic carbocycles. The number of carbonyl (C=O) groups excluding carboxylic acids is 3. The zero-order valence-corrected chi connectivity index (χ0v) is 14.6. The zero-order chi connectivity index (χ0) is 19.3. The summed E-state index contributed by atoms with van der Waals surface area (Å²) in [5.41, 5.74) is 1.37. The van der Waals surface area contributed by atoms with Gasteiger partial charge in [-0.1, -0.05) is 12.1 Å². The maximum absolute atomic E-state index is 13.5. The van der Waals surface area contributed by atoms with E-state index in [1.807, 2.05) is 0 Å². The van der Waals surface area contributed by atoms with E-state index >= 15 is 0 Å². The highest BCUT2D eigenvalue weighted by Gasteiger charge is 2.19. The van der Waals surface area contributed by atoms with Gasteiger partial charge in [0.05, 0.1) is 5.56 Å². The average molecular weight is 358 g/mol. The summed E-state index contributed by atoms with van der Waals surface area (Å²) in [4.78, 5) is 35.4. The number of hydrogen-bond acceptors (Lipinski definition) is 4. The van der Waals surface area contributed by atoms with Gasteiger partial charge in [-0.05, 0) is 49.7 Å². The van der Waals surface area contributed by atoms with Crippen LogP contribution in [0.15, 0.2) is 42.5 Å². The van der Waals surface area contributed by atoms with E-state index in [4.69, 9.17) is 4.74 Å². The van der Waals surface area contributed by atoms with Crippen molar-refractivity contribution >= 4 is 29.2 Å². The molecule has 0 saturated heterocycles. The van der Waals surface area contributed by atoms with Gasteiger partial charge in [-0.25, -0.2) is 9.18 Å². The minimum absolute atomic E-state index is 0.192. The highest BCUT2D eigenvalue weighted by molar-refractivity contribution is 5.98. The predicted molar refractivity (Wildman–Crippen MR) is 95.4 cm³/mol. The van der Waals surface area contributed by atoms with Crippen LogP contribution in [0.25, 0.3) is 0 Å². The van der Waals surface area contributed by atoms with Gasteiger partial charge in [0.2, 0.25) is 5.91 Å². The van der Waals surface area contributed by atoms with Crippen LogP contribution in [0.2, 0.25) is 0 Å². The van der Waals surface area contributed by atoms with Crippen molar-refractivity contribution in [1.82, 2.24) is 0 Å². The van der Waals surface area contributed by atoms with Crippen molar-refractivity contribution in [2.75, 3.05) is 10.6 Å². The van der Waals surface area contributed by atoms with Gasteiger partial charge < -0.3 is 15.4 Å². The summed E-state index contributed by atoms with van der Waals surface area (Å²) < 4.78 is 18.7. The molecular formula is C19H19FN2O4. The number of aryl methyl sites for hydroxylation is 1. The summed E-state index contributed by atoms with van der Waals surface area (Å²) in [6, 6.07) is 10.5. The Morgan fingerprint density at radius 2 is 1.73 bits per heavy atom. The largest absolute Gasteiger partial charge is 0.449 e. The number of rotatable bonds is 5. The van der Waals surface area contributed by atoms with E-state index in [9.17, 15) is 18.8 Å². The SMILES string of the molecule is CC(=O)Nc1cccc(C(=O)OC(C)C(=O)Nc2ccc(C)c(F)c2)c1. The Hall–Kier alpha value is -3.22. The summed E-state index contributed by atoms with van der Waals surface area (Å²) in [5, 5.41) is 5.05. The van der Waals surface area contributed by atoms with Crippen molar-refractivity contribution in [2.24, 2.45) is 0 Å². The molecule has 7 heteroatoms. The van der Waals surface area contributed by atoms with Gasteiger partial charge in [0.1, 0.15) is 5.82 Å². The topological polar surface area (TPSA) is 84.5 Å². The number of amides is 2. The Morgan fingerprint density at radius 3 is 2.38 bits per heavy atom. The van der Waals surface area contributed by atoms with Crippen molar-refractivity contribution < 1.29 is 23.5 Å². The maximum atomic E-state index is 13.5. The van der Waals surface area contributed by atoms with Gasteiger partial charge in [0.25, 0.3) is 5.91 Å². The molecule has 2 N–H and O–H groups in total. The van der Waals surface area contributed by atoms with Crippen molar-refractivity contribution in [3.8, 4) is 0 Å².